The first-order valence-corrected chi connectivity index (χ1v) is 5.82. The third kappa shape index (κ3) is 2.72. The molecule has 2 aromatic heterocycles. The highest BCUT2D eigenvalue weighted by molar-refractivity contribution is 7.13. The van der Waals surface area contributed by atoms with Gasteiger partial charge in [0.15, 0.2) is 5.69 Å². The maximum atomic E-state index is 12.9. The van der Waals surface area contributed by atoms with E-state index in [9.17, 15) is 13.2 Å². The third-order valence-electron chi connectivity index (χ3n) is 2.11. The third-order valence-corrected chi connectivity index (χ3v) is 2.98. The molecule has 0 atom stereocenters. The molecule has 0 saturated heterocycles. The Morgan fingerprint density at radius 1 is 1.32 bits per heavy atom. The molecular weight excluding hydrogens is 285 g/mol. The fraction of sp³-hybridized carbons (Fsp3) is 0.500. The van der Waals surface area contributed by atoms with Crippen molar-refractivity contribution in [3.63, 3.8) is 0 Å². The summed E-state index contributed by atoms with van der Waals surface area (Å²) in [5, 5.41) is 14.6. The molecule has 0 radical (unpaired) electrons. The maximum absolute atomic E-state index is 12.9. The number of rotatable bonds is 4. The van der Waals surface area contributed by atoms with E-state index < -0.39 is 11.9 Å². The molecule has 0 saturated carbocycles. The van der Waals surface area contributed by atoms with E-state index in [0.717, 1.165) is 11.3 Å². The van der Waals surface area contributed by atoms with Crippen LogP contribution in [0.25, 0.3) is 5.13 Å². The molecule has 2 N–H and O–H groups in total. The minimum atomic E-state index is -4.62. The molecule has 7 nitrogen and oxygen atoms in total. The predicted molar refractivity (Wildman–Crippen MR) is 58.4 cm³/mol. The predicted octanol–water partition coefficient (Wildman–Crippen LogP) is 0.743. The minimum absolute atomic E-state index is 0.0356. The molecule has 104 valence electrons. The monoisotopic (exact) mass is 294 g/mol. The van der Waals surface area contributed by atoms with Crippen LogP contribution in [0, 0.1) is 0 Å². The van der Waals surface area contributed by atoms with Gasteiger partial charge in [-0.3, -0.25) is 0 Å². The number of hydrogen-bond acceptors (Lipinski definition) is 7. The van der Waals surface area contributed by atoms with Gasteiger partial charge < -0.3 is 10.5 Å². The van der Waals surface area contributed by atoms with Crippen molar-refractivity contribution in [1.82, 2.24) is 25.2 Å². The Bertz CT molecular complexity index is 565. The van der Waals surface area contributed by atoms with Gasteiger partial charge in [-0.05, 0) is 0 Å². The Balaban J connectivity index is 2.46. The van der Waals surface area contributed by atoms with Crippen molar-refractivity contribution in [3.8, 4) is 5.13 Å². The zero-order valence-corrected chi connectivity index (χ0v) is 10.5. The van der Waals surface area contributed by atoms with Gasteiger partial charge in [0, 0.05) is 13.7 Å². The van der Waals surface area contributed by atoms with Crippen LogP contribution in [0.3, 0.4) is 0 Å². The first-order valence-electron chi connectivity index (χ1n) is 5.01. The molecule has 11 heteroatoms. The average molecular weight is 294 g/mol. The number of nitrogens with zero attached hydrogens (tertiary/aromatic N) is 5. The Labute approximate surface area is 109 Å². The van der Waals surface area contributed by atoms with Gasteiger partial charge in [0.2, 0.25) is 5.13 Å². The summed E-state index contributed by atoms with van der Waals surface area (Å²) in [6, 6.07) is 0. The van der Waals surface area contributed by atoms with Crippen LogP contribution in [0.1, 0.15) is 16.4 Å². The number of aromatic nitrogens is 5. The SMILES string of the molecule is COCc1nnc(-n2nnc(CN)c2C(F)(F)F)s1. The maximum Gasteiger partial charge on any atom is 0.435 e. The summed E-state index contributed by atoms with van der Waals surface area (Å²) in [6.45, 7) is -0.198. The van der Waals surface area contributed by atoms with E-state index in [-0.39, 0.29) is 24.0 Å². The first kappa shape index (κ1) is 13.8. The molecular formula is C8H9F3N6OS. The lowest BCUT2D eigenvalue weighted by molar-refractivity contribution is -0.143. The minimum Gasteiger partial charge on any atom is -0.377 e. The standard InChI is InChI=1S/C8H9F3N6OS/c1-18-3-5-14-15-7(19-5)17-6(8(9,10)11)4(2-12)13-16-17/h2-3,12H2,1H3. The molecule has 0 amide bonds. The Hall–Kier alpha value is -1.59. The van der Waals surface area contributed by atoms with Crippen LogP contribution in [0.15, 0.2) is 0 Å². The van der Waals surface area contributed by atoms with Gasteiger partial charge in [-0.2, -0.15) is 17.9 Å². The Morgan fingerprint density at radius 2 is 2.05 bits per heavy atom. The van der Waals surface area contributed by atoms with E-state index in [1.54, 1.807) is 0 Å². The van der Waals surface area contributed by atoms with E-state index in [1.165, 1.54) is 7.11 Å². The van der Waals surface area contributed by atoms with Crippen LogP contribution in [0.2, 0.25) is 0 Å². The van der Waals surface area contributed by atoms with Gasteiger partial charge in [-0.15, -0.1) is 15.3 Å². The molecule has 0 bridgehead atoms. The van der Waals surface area contributed by atoms with Gasteiger partial charge >= 0.3 is 6.18 Å². The van der Waals surface area contributed by atoms with Crippen LogP contribution in [0.5, 0.6) is 0 Å². The summed E-state index contributed by atoms with van der Waals surface area (Å²) in [4.78, 5) is 0. The number of halogens is 3. The normalized spacial score (nSPS) is 12.1. The molecule has 2 rings (SSSR count). The fourth-order valence-electron chi connectivity index (χ4n) is 1.38. The van der Waals surface area contributed by atoms with Gasteiger partial charge in [0.25, 0.3) is 0 Å². The van der Waals surface area contributed by atoms with Crippen LogP contribution in [0.4, 0.5) is 13.2 Å². The van der Waals surface area contributed by atoms with Gasteiger partial charge in [0.1, 0.15) is 17.3 Å². The molecule has 19 heavy (non-hydrogen) atoms. The van der Waals surface area contributed by atoms with Crippen LogP contribution in [-0.4, -0.2) is 32.3 Å². The number of ether oxygens (including phenoxy) is 1. The number of nitrogens with two attached hydrogens (primary N) is 1. The van der Waals surface area contributed by atoms with Crippen molar-refractivity contribution >= 4 is 11.3 Å². The fourth-order valence-corrected chi connectivity index (χ4v) is 2.15. The summed E-state index contributed by atoms with van der Waals surface area (Å²) < 4.78 is 44.3. The second kappa shape index (κ2) is 5.19. The van der Waals surface area contributed by atoms with Crippen molar-refractivity contribution in [1.29, 1.82) is 0 Å². The number of methoxy groups -OCH3 is 1. The zero-order chi connectivity index (χ0) is 14.0. The molecule has 0 aliphatic rings. The van der Waals surface area contributed by atoms with Gasteiger partial charge in [-0.25, -0.2) is 0 Å². The quantitative estimate of drug-likeness (QED) is 0.894. The van der Waals surface area contributed by atoms with Crippen molar-refractivity contribution < 1.29 is 17.9 Å². The molecule has 0 spiro atoms. The second-order valence-electron chi connectivity index (χ2n) is 3.41. The highest BCUT2D eigenvalue weighted by atomic mass is 32.1. The molecule has 2 heterocycles. The van der Waals surface area contributed by atoms with Gasteiger partial charge in [-0.1, -0.05) is 16.6 Å². The van der Waals surface area contributed by atoms with E-state index >= 15 is 0 Å². The van der Waals surface area contributed by atoms with Crippen molar-refractivity contribution in [2.45, 2.75) is 19.3 Å². The topological polar surface area (TPSA) is 91.7 Å². The lowest BCUT2D eigenvalue weighted by Gasteiger charge is -2.07. The summed E-state index contributed by atoms with van der Waals surface area (Å²) in [5.74, 6) is 0. The van der Waals surface area contributed by atoms with Crippen molar-refractivity contribution in [3.05, 3.63) is 16.4 Å². The number of hydrogen-bond donors (Lipinski definition) is 1. The first-order chi connectivity index (χ1) is 8.97. The largest absolute Gasteiger partial charge is 0.435 e. The summed E-state index contributed by atoms with van der Waals surface area (Å²) >= 11 is 0.937. The molecule has 0 aliphatic heterocycles. The van der Waals surface area contributed by atoms with E-state index in [4.69, 9.17) is 10.5 Å². The Morgan fingerprint density at radius 3 is 2.63 bits per heavy atom. The van der Waals surface area contributed by atoms with Crippen LogP contribution >= 0.6 is 11.3 Å². The molecule has 0 unspecified atom stereocenters. The molecule has 0 aromatic carbocycles. The number of alkyl halides is 3. The average Bonchev–Trinajstić information content (AvgIpc) is 2.93. The van der Waals surface area contributed by atoms with Crippen molar-refractivity contribution in [2.24, 2.45) is 5.73 Å². The van der Waals surface area contributed by atoms with E-state index in [2.05, 4.69) is 20.5 Å². The molecule has 2 aromatic rings. The van der Waals surface area contributed by atoms with Crippen LogP contribution in [-0.2, 0) is 24.1 Å². The van der Waals surface area contributed by atoms with E-state index in [1.807, 2.05) is 0 Å². The van der Waals surface area contributed by atoms with Crippen molar-refractivity contribution in [2.75, 3.05) is 7.11 Å². The lowest BCUT2D eigenvalue weighted by atomic mass is 10.3. The van der Waals surface area contributed by atoms with Crippen LogP contribution < -0.4 is 5.73 Å². The summed E-state index contributed by atoms with van der Waals surface area (Å²) in [5.41, 5.74) is 3.85. The smallest absolute Gasteiger partial charge is 0.377 e. The highest BCUT2D eigenvalue weighted by Gasteiger charge is 2.40. The highest BCUT2D eigenvalue weighted by Crippen LogP contribution is 2.33. The second-order valence-corrected chi connectivity index (χ2v) is 4.45. The zero-order valence-electron chi connectivity index (χ0n) is 9.68. The van der Waals surface area contributed by atoms with Gasteiger partial charge in [0.05, 0.1) is 0 Å². The molecule has 0 aliphatic carbocycles. The van der Waals surface area contributed by atoms with E-state index in [0.29, 0.717) is 9.69 Å². The summed E-state index contributed by atoms with van der Waals surface area (Å²) in [7, 11) is 1.45. The summed E-state index contributed by atoms with van der Waals surface area (Å²) in [6.07, 6.45) is -4.62. The Kier molecular flexibility index (Phi) is 3.78. The molecule has 0 fully saturated rings. The lowest BCUT2D eigenvalue weighted by Crippen LogP contribution is -2.16.